The number of thiophene rings is 1. The minimum Gasteiger partial charge on any atom is -0.394 e. The summed E-state index contributed by atoms with van der Waals surface area (Å²) in [7, 11) is 0. The van der Waals surface area contributed by atoms with Crippen LogP contribution in [-0.2, 0) is 11.3 Å². The van der Waals surface area contributed by atoms with E-state index in [1.54, 1.807) is 11.3 Å². The summed E-state index contributed by atoms with van der Waals surface area (Å²) >= 11 is 11.0. The summed E-state index contributed by atoms with van der Waals surface area (Å²) in [6, 6.07) is 2.43. The molecule has 2 atom stereocenters. The van der Waals surface area contributed by atoms with Gasteiger partial charge in [-0.3, -0.25) is 4.90 Å². The van der Waals surface area contributed by atoms with Crippen molar-refractivity contribution in [1.82, 2.24) is 4.90 Å². The van der Waals surface area contributed by atoms with Crippen LogP contribution in [0.1, 0.15) is 11.8 Å². The molecule has 17 heavy (non-hydrogen) atoms. The molecule has 1 aromatic rings. The Morgan fingerprint density at radius 2 is 2.47 bits per heavy atom. The van der Waals surface area contributed by atoms with Gasteiger partial charge in [-0.2, -0.15) is 0 Å². The number of ether oxygens (including phenoxy) is 1. The third-order valence-electron chi connectivity index (χ3n) is 2.89. The molecule has 1 aromatic heterocycles. The highest BCUT2D eigenvalue weighted by atomic mass is 79.9. The summed E-state index contributed by atoms with van der Waals surface area (Å²) in [5, 5.41) is 9.13. The van der Waals surface area contributed by atoms with E-state index in [4.69, 9.17) is 21.4 Å². The van der Waals surface area contributed by atoms with Crippen LogP contribution in [0.5, 0.6) is 0 Å². The van der Waals surface area contributed by atoms with Gasteiger partial charge in [0.2, 0.25) is 0 Å². The summed E-state index contributed by atoms with van der Waals surface area (Å²) in [4.78, 5) is 3.55. The van der Waals surface area contributed by atoms with Crippen LogP contribution in [0.2, 0.25) is 4.34 Å². The van der Waals surface area contributed by atoms with Gasteiger partial charge in [0.05, 0.1) is 19.3 Å². The van der Waals surface area contributed by atoms with Crippen molar-refractivity contribution >= 4 is 38.9 Å². The molecule has 1 aliphatic rings. The average Bonchev–Trinajstić information content (AvgIpc) is 2.61. The Labute approximate surface area is 118 Å². The van der Waals surface area contributed by atoms with Crippen LogP contribution in [0, 0.1) is 0 Å². The standard InChI is InChI=1S/C11H15BrClNO2S/c1-7-6-16-8(5-15)3-14(7)4-9-2-10(12)11(13)17-9/h2,7-8,15H,3-6H2,1H3. The normalized spacial score (nSPS) is 26.4. The van der Waals surface area contributed by atoms with Gasteiger partial charge in [0.15, 0.2) is 0 Å². The maximum atomic E-state index is 9.13. The Bertz CT molecular complexity index is 368. The van der Waals surface area contributed by atoms with Crippen LogP contribution in [0.3, 0.4) is 0 Å². The zero-order valence-corrected chi connectivity index (χ0v) is 12.7. The molecule has 0 aromatic carbocycles. The van der Waals surface area contributed by atoms with Crippen LogP contribution in [-0.4, -0.2) is 41.9 Å². The first-order valence-electron chi connectivity index (χ1n) is 5.50. The molecule has 1 aliphatic heterocycles. The fraction of sp³-hybridized carbons (Fsp3) is 0.636. The molecule has 2 heterocycles. The first kappa shape index (κ1) is 13.8. The molecule has 0 spiro atoms. The zero-order valence-electron chi connectivity index (χ0n) is 9.53. The van der Waals surface area contributed by atoms with E-state index in [2.05, 4.69) is 33.8 Å². The van der Waals surface area contributed by atoms with Crippen LogP contribution < -0.4 is 0 Å². The lowest BCUT2D eigenvalue weighted by Gasteiger charge is -2.37. The number of aliphatic hydroxyl groups is 1. The summed E-state index contributed by atoms with van der Waals surface area (Å²) in [6.07, 6.45) is -0.0647. The van der Waals surface area contributed by atoms with Gasteiger partial charge >= 0.3 is 0 Å². The molecule has 0 radical (unpaired) electrons. The molecule has 0 bridgehead atoms. The number of aliphatic hydroxyl groups excluding tert-OH is 1. The Hall–Kier alpha value is 0.350. The maximum absolute atomic E-state index is 9.13. The molecular formula is C11H15BrClNO2S. The van der Waals surface area contributed by atoms with E-state index in [0.29, 0.717) is 12.6 Å². The fourth-order valence-electron chi connectivity index (χ4n) is 1.88. The molecule has 0 saturated carbocycles. The lowest BCUT2D eigenvalue weighted by atomic mass is 10.2. The topological polar surface area (TPSA) is 32.7 Å². The Kier molecular flexibility index (Phi) is 4.86. The number of hydrogen-bond acceptors (Lipinski definition) is 4. The molecular weight excluding hydrogens is 326 g/mol. The van der Waals surface area contributed by atoms with Gasteiger partial charge in [0.1, 0.15) is 4.34 Å². The Morgan fingerprint density at radius 1 is 1.71 bits per heavy atom. The predicted octanol–water partition coefficient (Wildman–Crippen LogP) is 2.75. The lowest BCUT2D eigenvalue weighted by Crippen LogP contribution is -2.48. The number of halogens is 2. The molecule has 1 N–H and O–H groups in total. The van der Waals surface area contributed by atoms with E-state index >= 15 is 0 Å². The smallest absolute Gasteiger partial charge is 0.107 e. The molecule has 96 valence electrons. The first-order chi connectivity index (χ1) is 8.10. The molecule has 1 fully saturated rings. The largest absolute Gasteiger partial charge is 0.394 e. The number of hydrogen-bond donors (Lipinski definition) is 1. The quantitative estimate of drug-likeness (QED) is 0.918. The molecule has 0 amide bonds. The van der Waals surface area contributed by atoms with Crippen molar-refractivity contribution in [3.8, 4) is 0 Å². The predicted molar refractivity (Wildman–Crippen MR) is 73.7 cm³/mol. The van der Waals surface area contributed by atoms with Crippen molar-refractivity contribution in [3.05, 3.63) is 19.8 Å². The molecule has 2 rings (SSSR count). The monoisotopic (exact) mass is 339 g/mol. The van der Waals surface area contributed by atoms with Crippen molar-refractivity contribution in [2.45, 2.75) is 25.6 Å². The third-order valence-corrected chi connectivity index (χ3v) is 5.35. The van der Waals surface area contributed by atoms with Gasteiger partial charge in [-0.05, 0) is 28.9 Å². The van der Waals surface area contributed by atoms with Crippen molar-refractivity contribution in [2.24, 2.45) is 0 Å². The molecule has 3 nitrogen and oxygen atoms in total. The van der Waals surface area contributed by atoms with Crippen LogP contribution >= 0.6 is 38.9 Å². The van der Waals surface area contributed by atoms with E-state index in [-0.39, 0.29) is 12.7 Å². The van der Waals surface area contributed by atoms with Crippen LogP contribution in [0.25, 0.3) is 0 Å². The highest BCUT2D eigenvalue weighted by molar-refractivity contribution is 9.10. The minimum atomic E-state index is -0.0647. The van der Waals surface area contributed by atoms with Crippen molar-refractivity contribution in [3.63, 3.8) is 0 Å². The number of nitrogens with zero attached hydrogens (tertiary/aromatic N) is 1. The zero-order chi connectivity index (χ0) is 12.4. The summed E-state index contributed by atoms with van der Waals surface area (Å²) < 4.78 is 7.26. The highest BCUT2D eigenvalue weighted by Crippen LogP contribution is 2.33. The molecule has 2 unspecified atom stereocenters. The summed E-state index contributed by atoms with van der Waals surface area (Å²) in [6.45, 7) is 4.52. The van der Waals surface area contributed by atoms with E-state index in [0.717, 1.165) is 21.9 Å². The van der Waals surface area contributed by atoms with Crippen LogP contribution in [0.4, 0.5) is 0 Å². The highest BCUT2D eigenvalue weighted by Gasteiger charge is 2.26. The summed E-state index contributed by atoms with van der Waals surface area (Å²) in [5.74, 6) is 0. The Morgan fingerprint density at radius 3 is 3.06 bits per heavy atom. The minimum absolute atomic E-state index is 0.0647. The van der Waals surface area contributed by atoms with E-state index in [9.17, 15) is 0 Å². The van der Waals surface area contributed by atoms with Crippen molar-refractivity contribution in [1.29, 1.82) is 0 Å². The van der Waals surface area contributed by atoms with Gasteiger partial charge in [-0.15, -0.1) is 11.3 Å². The second-order valence-electron chi connectivity index (χ2n) is 4.25. The molecule has 6 heteroatoms. The summed E-state index contributed by atoms with van der Waals surface area (Å²) in [5.41, 5.74) is 0. The third kappa shape index (κ3) is 3.43. The van der Waals surface area contributed by atoms with Gasteiger partial charge in [0, 0.05) is 28.5 Å². The molecule has 1 saturated heterocycles. The molecule has 0 aliphatic carbocycles. The second-order valence-corrected chi connectivity index (χ2v) is 6.84. The second kappa shape index (κ2) is 5.99. The van der Waals surface area contributed by atoms with Gasteiger partial charge in [-0.25, -0.2) is 0 Å². The lowest BCUT2D eigenvalue weighted by molar-refractivity contribution is -0.0802. The maximum Gasteiger partial charge on any atom is 0.107 e. The van der Waals surface area contributed by atoms with Crippen molar-refractivity contribution < 1.29 is 9.84 Å². The Balaban J connectivity index is 2.01. The van der Waals surface area contributed by atoms with E-state index < -0.39 is 0 Å². The van der Waals surface area contributed by atoms with Crippen LogP contribution in [0.15, 0.2) is 10.5 Å². The average molecular weight is 341 g/mol. The van der Waals surface area contributed by atoms with Gasteiger partial charge < -0.3 is 9.84 Å². The van der Waals surface area contributed by atoms with E-state index in [1.165, 1.54) is 4.88 Å². The number of morpholine rings is 1. The first-order valence-corrected chi connectivity index (χ1v) is 7.49. The fourth-order valence-corrected chi connectivity index (χ4v) is 3.69. The van der Waals surface area contributed by atoms with Gasteiger partial charge in [-0.1, -0.05) is 11.6 Å². The number of rotatable bonds is 3. The van der Waals surface area contributed by atoms with E-state index in [1.807, 2.05) is 0 Å². The SMILES string of the molecule is CC1COC(CO)CN1Cc1cc(Br)c(Cl)s1. The van der Waals surface area contributed by atoms with Crippen molar-refractivity contribution in [2.75, 3.05) is 19.8 Å². The van der Waals surface area contributed by atoms with Gasteiger partial charge in [0.25, 0.3) is 0 Å².